The highest BCUT2D eigenvalue weighted by Crippen LogP contribution is 2.19. The van der Waals surface area contributed by atoms with Crippen molar-refractivity contribution in [2.75, 3.05) is 19.1 Å². The number of carbonyl (C=O) groups is 2. The average molecular weight is 370 g/mol. The molecule has 0 saturated heterocycles. The molecule has 2 aromatic rings. The first-order valence-corrected chi connectivity index (χ1v) is 8.74. The highest BCUT2D eigenvalue weighted by Gasteiger charge is 2.23. The number of methoxy groups -OCH3 is 1. The van der Waals surface area contributed by atoms with Crippen LogP contribution in [0.5, 0.6) is 0 Å². The van der Waals surface area contributed by atoms with Crippen LogP contribution < -0.4 is 5.32 Å². The molecule has 1 aromatic heterocycles. The van der Waals surface area contributed by atoms with E-state index in [4.69, 9.17) is 16.3 Å². The zero-order valence-corrected chi connectivity index (χ0v) is 14.7. The van der Waals surface area contributed by atoms with Crippen LogP contribution in [0.4, 0.5) is 0 Å². The summed E-state index contributed by atoms with van der Waals surface area (Å²) in [5.41, 5.74) is 0.711. The molecule has 0 saturated carbocycles. The van der Waals surface area contributed by atoms with Crippen LogP contribution in [0, 0.1) is 0 Å². The Balaban J connectivity index is 2.27. The fraction of sp³-hybridized carbons (Fsp3) is 0.357. The molecule has 1 N–H and O–H groups in total. The Morgan fingerprint density at radius 1 is 1.46 bits per heavy atom. The minimum absolute atomic E-state index is 0.296. The molecule has 0 aliphatic rings. The zero-order chi connectivity index (χ0) is 17.5. The molecular formula is C14H16ClN5O3S. The van der Waals surface area contributed by atoms with Crippen molar-refractivity contribution < 1.29 is 14.3 Å². The summed E-state index contributed by atoms with van der Waals surface area (Å²) in [4.78, 5) is 24.5. The van der Waals surface area contributed by atoms with Crippen LogP contribution in [-0.4, -0.2) is 57.2 Å². The largest absolute Gasteiger partial charge is 0.467 e. The van der Waals surface area contributed by atoms with Gasteiger partial charge in [0.2, 0.25) is 0 Å². The molecule has 128 valence electrons. The Kier molecular flexibility index (Phi) is 6.56. The molecule has 1 heterocycles. The van der Waals surface area contributed by atoms with Gasteiger partial charge in [0, 0.05) is 5.02 Å². The Morgan fingerprint density at radius 2 is 2.25 bits per heavy atom. The molecule has 24 heavy (non-hydrogen) atoms. The van der Waals surface area contributed by atoms with Crippen LogP contribution in [0.3, 0.4) is 0 Å². The number of halogens is 1. The van der Waals surface area contributed by atoms with Crippen LogP contribution in [0.2, 0.25) is 5.02 Å². The molecule has 0 fully saturated rings. The highest BCUT2D eigenvalue weighted by atomic mass is 35.5. The number of ether oxygens (including phenoxy) is 1. The smallest absolute Gasteiger partial charge is 0.328 e. The predicted octanol–water partition coefficient (Wildman–Crippen LogP) is 1.34. The first-order chi connectivity index (χ1) is 11.6. The minimum Gasteiger partial charge on any atom is -0.467 e. The van der Waals surface area contributed by atoms with Crippen molar-refractivity contribution in [2.45, 2.75) is 12.5 Å². The molecule has 0 aliphatic carbocycles. The van der Waals surface area contributed by atoms with Crippen molar-refractivity contribution in [2.24, 2.45) is 0 Å². The number of aromatic nitrogens is 4. The number of hydrogen-bond donors (Lipinski definition) is 1. The van der Waals surface area contributed by atoms with Crippen molar-refractivity contribution >= 4 is 35.2 Å². The van der Waals surface area contributed by atoms with Gasteiger partial charge in [0.1, 0.15) is 12.4 Å². The van der Waals surface area contributed by atoms with E-state index in [1.54, 1.807) is 30.0 Å². The molecule has 2 rings (SSSR count). The van der Waals surface area contributed by atoms with Gasteiger partial charge >= 0.3 is 5.97 Å². The van der Waals surface area contributed by atoms with Gasteiger partial charge in [0.25, 0.3) is 5.91 Å². The maximum Gasteiger partial charge on any atom is 0.328 e. The maximum atomic E-state index is 12.6. The second kappa shape index (κ2) is 8.65. The van der Waals surface area contributed by atoms with E-state index in [1.807, 2.05) is 6.26 Å². The van der Waals surface area contributed by atoms with Crippen molar-refractivity contribution in [1.29, 1.82) is 0 Å². The van der Waals surface area contributed by atoms with E-state index >= 15 is 0 Å². The molecule has 0 unspecified atom stereocenters. The Labute approximate surface area is 147 Å². The van der Waals surface area contributed by atoms with Gasteiger partial charge in [0.15, 0.2) is 0 Å². The van der Waals surface area contributed by atoms with E-state index < -0.39 is 17.9 Å². The monoisotopic (exact) mass is 369 g/mol. The third-order valence-corrected chi connectivity index (χ3v) is 4.08. The van der Waals surface area contributed by atoms with Gasteiger partial charge in [-0.25, -0.2) is 4.79 Å². The highest BCUT2D eigenvalue weighted by molar-refractivity contribution is 7.98. The van der Waals surface area contributed by atoms with Crippen molar-refractivity contribution in [3.05, 3.63) is 35.1 Å². The van der Waals surface area contributed by atoms with Crippen LogP contribution in [0.25, 0.3) is 5.69 Å². The summed E-state index contributed by atoms with van der Waals surface area (Å²) in [7, 11) is 1.29. The molecule has 8 nitrogen and oxygen atoms in total. The summed E-state index contributed by atoms with van der Waals surface area (Å²) < 4.78 is 6.08. The summed E-state index contributed by atoms with van der Waals surface area (Å²) in [5, 5.41) is 14.0. The maximum absolute atomic E-state index is 12.6. The number of nitrogens with one attached hydrogen (secondary N) is 1. The molecule has 0 spiro atoms. The number of thioether (sulfide) groups is 1. The van der Waals surface area contributed by atoms with Gasteiger partial charge in [0.05, 0.1) is 18.4 Å². The summed E-state index contributed by atoms with van der Waals surface area (Å²) in [5.74, 6) is -0.218. The van der Waals surface area contributed by atoms with Crippen LogP contribution in [-0.2, 0) is 9.53 Å². The molecule has 0 bridgehead atoms. The molecule has 1 atom stereocenters. The number of esters is 1. The topological polar surface area (TPSA) is 99.0 Å². The van der Waals surface area contributed by atoms with E-state index in [1.165, 1.54) is 18.1 Å². The Hall–Kier alpha value is -2.13. The molecule has 1 amide bonds. The summed E-state index contributed by atoms with van der Waals surface area (Å²) in [6.07, 6.45) is 3.74. The Morgan fingerprint density at radius 3 is 2.88 bits per heavy atom. The first kappa shape index (κ1) is 18.2. The van der Waals surface area contributed by atoms with E-state index in [0.717, 1.165) is 0 Å². The number of tetrazole rings is 1. The SMILES string of the molecule is COC(=O)[C@@H](CCSC)NC(=O)c1ccc(Cl)cc1-n1cnnn1. The number of benzene rings is 1. The lowest BCUT2D eigenvalue weighted by molar-refractivity contribution is -0.142. The van der Waals surface area contributed by atoms with Crippen LogP contribution >= 0.6 is 23.4 Å². The lowest BCUT2D eigenvalue weighted by Crippen LogP contribution is -2.42. The van der Waals surface area contributed by atoms with Gasteiger partial charge in [-0.15, -0.1) is 5.10 Å². The second-order valence-electron chi connectivity index (χ2n) is 4.75. The van der Waals surface area contributed by atoms with Gasteiger partial charge < -0.3 is 10.1 Å². The van der Waals surface area contributed by atoms with Gasteiger partial charge in [-0.1, -0.05) is 11.6 Å². The van der Waals surface area contributed by atoms with Gasteiger partial charge in [-0.2, -0.15) is 16.4 Å². The fourth-order valence-electron chi connectivity index (χ4n) is 2.02. The van der Waals surface area contributed by atoms with E-state index in [-0.39, 0.29) is 0 Å². The third-order valence-electron chi connectivity index (χ3n) is 3.20. The van der Waals surface area contributed by atoms with Crippen molar-refractivity contribution in [3.8, 4) is 5.69 Å². The number of nitrogens with zero attached hydrogens (tertiary/aromatic N) is 4. The van der Waals surface area contributed by atoms with Gasteiger partial charge in [-0.3, -0.25) is 4.79 Å². The Bertz CT molecular complexity index is 710. The van der Waals surface area contributed by atoms with Crippen LogP contribution in [0.1, 0.15) is 16.8 Å². The van der Waals surface area contributed by atoms with Crippen molar-refractivity contribution in [1.82, 2.24) is 25.5 Å². The first-order valence-electron chi connectivity index (χ1n) is 6.97. The molecule has 10 heteroatoms. The normalized spacial score (nSPS) is 11.8. The minimum atomic E-state index is -0.729. The summed E-state index contributed by atoms with van der Waals surface area (Å²) in [6, 6.07) is 3.98. The number of hydrogen-bond acceptors (Lipinski definition) is 7. The lowest BCUT2D eigenvalue weighted by atomic mass is 10.1. The predicted molar refractivity (Wildman–Crippen MR) is 90.4 cm³/mol. The molecule has 0 radical (unpaired) electrons. The lowest BCUT2D eigenvalue weighted by Gasteiger charge is -2.17. The number of carbonyl (C=O) groups excluding carboxylic acids is 2. The van der Waals surface area contributed by atoms with E-state index in [0.29, 0.717) is 28.4 Å². The molecule has 1 aromatic carbocycles. The molecule has 0 aliphatic heterocycles. The third kappa shape index (κ3) is 4.45. The van der Waals surface area contributed by atoms with Crippen molar-refractivity contribution in [3.63, 3.8) is 0 Å². The van der Waals surface area contributed by atoms with E-state index in [2.05, 4.69) is 20.8 Å². The number of rotatable bonds is 7. The number of amides is 1. The molecular weight excluding hydrogens is 354 g/mol. The van der Waals surface area contributed by atoms with Gasteiger partial charge in [-0.05, 0) is 47.1 Å². The van der Waals surface area contributed by atoms with Crippen LogP contribution in [0.15, 0.2) is 24.5 Å². The quantitative estimate of drug-likeness (QED) is 0.735. The second-order valence-corrected chi connectivity index (χ2v) is 6.17. The standard InChI is InChI=1S/C14H16ClN5O3S/c1-23-14(22)11(5-6-24-2)17-13(21)10-4-3-9(15)7-12(10)20-8-16-18-19-20/h3-4,7-8,11H,5-6H2,1-2H3,(H,17,21)/t11-/m1/s1. The fourth-order valence-corrected chi connectivity index (χ4v) is 2.66. The van der Waals surface area contributed by atoms with E-state index in [9.17, 15) is 9.59 Å². The summed E-state index contributed by atoms with van der Waals surface area (Å²) >= 11 is 7.57. The summed E-state index contributed by atoms with van der Waals surface area (Å²) in [6.45, 7) is 0. The average Bonchev–Trinajstić information content (AvgIpc) is 3.12. The zero-order valence-electron chi connectivity index (χ0n) is 13.1.